The first kappa shape index (κ1) is 15.0. The van der Waals surface area contributed by atoms with E-state index in [1.54, 1.807) is 25.6 Å². The molecule has 1 heterocycles. The summed E-state index contributed by atoms with van der Waals surface area (Å²) >= 11 is 0. The van der Waals surface area contributed by atoms with Crippen molar-refractivity contribution in [1.29, 1.82) is 0 Å². The summed E-state index contributed by atoms with van der Waals surface area (Å²) in [6, 6.07) is -0.296. The molecule has 0 aliphatic carbocycles. The molecule has 0 aromatic carbocycles. The van der Waals surface area contributed by atoms with Crippen LogP contribution in [-0.4, -0.2) is 33.7 Å². The summed E-state index contributed by atoms with van der Waals surface area (Å²) in [6.45, 7) is 4.88. The second-order valence-corrected chi connectivity index (χ2v) is 4.40. The zero-order chi connectivity index (χ0) is 14.1. The molecule has 2 atom stereocenters. The van der Waals surface area contributed by atoms with Gasteiger partial charge in [-0.1, -0.05) is 0 Å². The van der Waals surface area contributed by atoms with Crippen molar-refractivity contribution in [3.63, 3.8) is 0 Å². The summed E-state index contributed by atoms with van der Waals surface area (Å²) in [7, 11) is 1.78. The summed E-state index contributed by atoms with van der Waals surface area (Å²) in [5.41, 5.74) is 2.54. The molecule has 1 aromatic rings. The number of halogens is 3. The number of alkyl halides is 3. The van der Waals surface area contributed by atoms with E-state index in [9.17, 15) is 13.2 Å². The Morgan fingerprint density at radius 2 is 1.94 bits per heavy atom. The van der Waals surface area contributed by atoms with Crippen LogP contribution in [-0.2, 0) is 7.05 Å². The van der Waals surface area contributed by atoms with E-state index in [1.807, 2.05) is 6.92 Å². The van der Waals surface area contributed by atoms with E-state index < -0.39 is 18.8 Å². The topological polar surface area (TPSA) is 50.1 Å². The van der Waals surface area contributed by atoms with Gasteiger partial charge in [-0.15, -0.1) is 0 Å². The molecular weight excluding hydrogens is 247 g/mol. The van der Waals surface area contributed by atoms with Gasteiger partial charge in [0.25, 0.3) is 0 Å². The van der Waals surface area contributed by atoms with E-state index in [1.165, 1.54) is 0 Å². The lowest BCUT2D eigenvalue weighted by Crippen LogP contribution is -2.39. The van der Waals surface area contributed by atoms with Crippen LogP contribution in [0.15, 0.2) is 0 Å². The summed E-state index contributed by atoms with van der Waals surface area (Å²) in [5, 5.41) is 15.8. The number of hydrogen-bond acceptors (Lipinski definition) is 3. The van der Waals surface area contributed by atoms with Crippen molar-refractivity contribution in [1.82, 2.24) is 15.1 Å². The zero-order valence-electron chi connectivity index (χ0n) is 10.8. The predicted octanol–water partition coefficient (Wildman–Crippen LogP) is 1.61. The molecule has 0 amide bonds. The normalized spacial score (nSPS) is 15.8. The van der Waals surface area contributed by atoms with Gasteiger partial charge in [-0.2, -0.15) is 18.3 Å². The molecule has 0 spiro atoms. The van der Waals surface area contributed by atoms with Crippen molar-refractivity contribution in [2.45, 2.75) is 39.1 Å². The maximum atomic E-state index is 12.2. The van der Waals surface area contributed by atoms with E-state index in [0.29, 0.717) is 0 Å². The van der Waals surface area contributed by atoms with Crippen LogP contribution in [0.5, 0.6) is 0 Å². The molecule has 0 bridgehead atoms. The number of nitrogens with zero attached hydrogens (tertiary/aromatic N) is 2. The lowest BCUT2D eigenvalue weighted by molar-refractivity contribution is -0.202. The van der Waals surface area contributed by atoms with Crippen LogP contribution in [0.1, 0.15) is 29.9 Å². The molecule has 2 unspecified atom stereocenters. The third-order valence-electron chi connectivity index (χ3n) is 2.99. The van der Waals surface area contributed by atoms with Crippen molar-refractivity contribution in [2.75, 3.05) is 6.54 Å². The Morgan fingerprint density at radius 1 is 1.39 bits per heavy atom. The lowest BCUT2D eigenvalue weighted by atomic mass is 10.1. The minimum atomic E-state index is -4.59. The molecule has 18 heavy (non-hydrogen) atoms. The summed E-state index contributed by atoms with van der Waals surface area (Å²) in [6.07, 6.45) is -6.94. The number of hydrogen-bond donors (Lipinski definition) is 2. The lowest BCUT2D eigenvalue weighted by Gasteiger charge is -2.19. The van der Waals surface area contributed by atoms with Crippen molar-refractivity contribution >= 4 is 0 Å². The van der Waals surface area contributed by atoms with Crippen LogP contribution in [0.3, 0.4) is 0 Å². The number of rotatable bonds is 4. The van der Waals surface area contributed by atoms with Gasteiger partial charge in [-0.3, -0.25) is 4.68 Å². The maximum absolute atomic E-state index is 12.2. The van der Waals surface area contributed by atoms with E-state index >= 15 is 0 Å². The first-order valence-corrected chi connectivity index (χ1v) is 5.62. The zero-order valence-corrected chi connectivity index (χ0v) is 10.8. The average molecular weight is 265 g/mol. The number of aromatic nitrogens is 2. The van der Waals surface area contributed by atoms with E-state index in [4.69, 9.17) is 5.11 Å². The highest BCUT2D eigenvalue weighted by Gasteiger charge is 2.38. The summed E-state index contributed by atoms with van der Waals surface area (Å²) < 4.78 is 38.2. The van der Waals surface area contributed by atoms with Gasteiger partial charge in [0.15, 0.2) is 6.10 Å². The van der Waals surface area contributed by atoms with Gasteiger partial charge in [-0.25, -0.2) is 0 Å². The van der Waals surface area contributed by atoms with Crippen LogP contribution < -0.4 is 5.32 Å². The summed E-state index contributed by atoms with van der Waals surface area (Å²) in [4.78, 5) is 0. The molecule has 0 saturated heterocycles. The minimum absolute atomic E-state index is 0.296. The number of nitrogens with one attached hydrogen (secondary N) is 1. The first-order chi connectivity index (χ1) is 8.14. The molecule has 0 aliphatic rings. The quantitative estimate of drug-likeness (QED) is 0.869. The van der Waals surface area contributed by atoms with Crippen molar-refractivity contribution in [3.05, 3.63) is 17.0 Å². The fraction of sp³-hybridized carbons (Fsp3) is 0.727. The van der Waals surface area contributed by atoms with E-state index in [-0.39, 0.29) is 6.04 Å². The van der Waals surface area contributed by atoms with Crippen LogP contribution in [0.4, 0.5) is 13.2 Å². The van der Waals surface area contributed by atoms with Gasteiger partial charge < -0.3 is 10.4 Å². The standard InChI is InChI=1S/C11H18F3N3O/c1-6(15-5-9(18)11(12,13)14)10-7(2)16-17(4)8(10)3/h6,9,15,18H,5H2,1-4H3. The fourth-order valence-electron chi connectivity index (χ4n) is 1.92. The van der Waals surface area contributed by atoms with Crippen LogP contribution in [0, 0.1) is 13.8 Å². The highest BCUT2D eigenvalue weighted by molar-refractivity contribution is 5.27. The second-order valence-electron chi connectivity index (χ2n) is 4.40. The monoisotopic (exact) mass is 265 g/mol. The highest BCUT2D eigenvalue weighted by atomic mass is 19.4. The van der Waals surface area contributed by atoms with E-state index in [2.05, 4.69) is 10.4 Å². The Labute approximate surface area is 104 Å². The van der Waals surface area contributed by atoms with Crippen molar-refractivity contribution < 1.29 is 18.3 Å². The van der Waals surface area contributed by atoms with Gasteiger partial charge >= 0.3 is 6.18 Å². The minimum Gasteiger partial charge on any atom is -0.382 e. The Balaban J connectivity index is 2.69. The first-order valence-electron chi connectivity index (χ1n) is 5.62. The van der Waals surface area contributed by atoms with Gasteiger partial charge in [0.2, 0.25) is 0 Å². The molecule has 0 aliphatic heterocycles. The predicted molar refractivity (Wildman–Crippen MR) is 61.2 cm³/mol. The molecular formula is C11H18F3N3O. The maximum Gasteiger partial charge on any atom is 0.415 e. The van der Waals surface area contributed by atoms with Crippen LogP contribution in [0.2, 0.25) is 0 Å². The van der Waals surface area contributed by atoms with Gasteiger partial charge in [0.05, 0.1) is 5.69 Å². The molecule has 0 radical (unpaired) electrons. The third kappa shape index (κ3) is 3.23. The largest absolute Gasteiger partial charge is 0.415 e. The second kappa shape index (κ2) is 5.27. The summed E-state index contributed by atoms with van der Waals surface area (Å²) in [5.74, 6) is 0. The van der Waals surface area contributed by atoms with E-state index in [0.717, 1.165) is 17.0 Å². The molecule has 104 valence electrons. The fourth-order valence-corrected chi connectivity index (χ4v) is 1.92. The Bertz CT molecular complexity index is 414. The molecule has 2 N–H and O–H groups in total. The Kier molecular flexibility index (Phi) is 4.39. The Hall–Kier alpha value is -1.08. The molecule has 4 nitrogen and oxygen atoms in total. The van der Waals surface area contributed by atoms with Crippen molar-refractivity contribution in [3.8, 4) is 0 Å². The molecule has 1 aromatic heterocycles. The van der Waals surface area contributed by atoms with Gasteiger partial charge in [-0.05, 0) is 20.8 Å². The molecule has 0 saturated carbocycles. The number of aryl methyl sites for hydroxylation is 2. The van der Waals surface area contributed by atoms with Gasteiger partial charge in [0, 0.05) is 30.9 Å². The molecule has 7 heteroatoms. The van der Waals surface area contributed by atoms with Crippen LogP contribution in [0.25, 0.3) is 0 Å². The third-order valence-corrected chi connectivity index (χ3v) is 2.99. The van der Waals surface area contributed by atoms with Crippen molar-refractivity contribution in [2.24, 2.45) is 7.05 Å². The van der Waals surface area contributed by atoms with Crippen LogP contribution >= 0.6 is 0 Å². The number of aliphatic hydroxyl groups excluding tert-OH is 1. The highest BCUT2D eigenvalue weighted by Crippen LogP contribution is 2.23. The SMILES string of the molecule is Cc1nn(C)c(C)c1C(C)NCC(O)C(F)(F)F. The smallest absolute Gasteiger partial charge is 0.382 e. The average Bonchev–Trinajstić information content (AvgIpc) is 2.48. The van der Waals surface area contributed by atoms with Gasteiger partial charge in [0.1, 0.15) is 0 Å². The number of aliphatic hydroxyl groups is 1. The molecule has 1 rings (SSSR count). The molecule has 0 fully saturated rings. The Morgan fingerprint density at radius 3 is 2.33 bits per heavy atom.